The molecular weight excluding hydrogens is 260 g/mol. The summed E-state index contributed by atoms with van der Waals surface area (Å²) in [5.74, 6) is -0.701. The Morgan fingerprint density at radius 3 is 2.95 bits per heavy atom. The van der Waals surface area contributed by atoms with Gasteiger partial charge in [0.1, 0.15) is 6.04 Å². The largest absolute Gasteiger partial charge is 0.467 e. The number of aromatic nitrogens is 2. The zero-order valence-electron chi connectivity index (χ0n) is 11.8. The number of ether oxygens (including phenoxy) is 1. The van der Waals surface area contributed by atoms with Gasteiger partial charge in [0.05, 0.1) is 18.5 Å². The van der Waals surface area contributed by atoms with Gasteiger partial charge in [0.15, 0.2) is 5.69 Å². The number of amides is 1. The number of nitrogen functional groups attached to an aromatic ring is 1. The van der Waals surface area contributed by atoms with Gasteiger partial charge in [-0.3, -0.25) is 9.89 Å². The summed E-state index contributed by atoms with van der Waals surface area (Å²) in [6.07, 6.45) is 3.04. The molecule has 1 aromatic rings. The molecule has 1 atom stereocenters. The predicted octanol–water partition coefficient (Wildman–Crippen LogP) is 0.722. The second-order valence-corrected chi connectivity index (χ2v) is 4.89. The number of nitrogens with zero attached hydrogens (tertiary/aromatic N) is 2. The van der Waals surface area contributed by atoms with Gasteiger partial charge in [-0.1, -0.05) is 13.3 Å². The standard InChI is InChI=1S/C13H20N4O3/c1-3-5-8-10(14)11(16-15-8)12(18)17-7-4-6-9(17)13(19)20-2/h9H,3-7,14H2,1-2H3,(H,15,16). The van der Waals surface area contributed by atoms with E-state index in [0.717, 1.165) is 25.0 Å². The van der Waals surface area contributed by atoms with Crippen molar-refractivity contribution in [3.63, 3.8) is 0 Å². The minimum absolute atomic E-state index is 0.198. The topological polar surface area (TPSA) is 101 Å². The molecule has 2 rings (SSSR count). The summed E-state index contributed by atoms with van der Waals surface area (Å²) in [6, 6.07) is -0.529. The predicted molar refractivity (Wildman–Crippen MR) is 73.1 cm³/mol. The first kappa shape index (κ1) is 14.4. The van der Waals surface area contributed by atoms with Crippen LogP contribution in [-0.2, 0) is 16.0 Å². The van der Waals surface area contributed by atoms with Crippen molar-refractivity contribution in [3.8, 4) is 0 Å². The Bertz CT molecular complexity index is 512. The van der Waals surface area contributed by atoms with Gasteiger partial charge in [-0.25, -0.2) is 4.79 Å². The lowest BCUT2D eigenvalue weighted by Gasteiger charge is -2.21. The molecule has 1 aromatic heterocycles. The third-order valence-electron chi connectivity index (χ3n) is 3.57. The number of anilines is 1. The highest BCUT2D eigenvalue weighted by molar-refractivity contribution is 5.99. The van der Waals surface area contributed by atoms with Crippen molar-refractivity contribution >= 4 is 17.6 Å². The maximum atomic E-state index is 12.5. The van der Waals surface area contributed by atoms with Crippen molar-refractivity contribution in [2.24, 2.45) is 0 Å². The van der Waals surface area contributed by atoms with Gasteiger partial charge >= 0.3 is 5.97 Å². The number of aryl methyl sites for hydroxylation is 1. The Labute approximate surface area is 117 Å². The first-order valence-corrected chi connectivity index (χ1v) is 6.81. The summed E-state index contributed by atoms with van der Waals surface area (Å²) in [6.45, 7) is 2.55. The molecule has 0 aliphatic carbocycles. The summed E-state index contributed by atoms with van der Waals surface area (Å²) in [5, 5.41) is 6.80. The number of likely N-dealkylation sites (tertiary alicyclic amines) is 1. The molecule has 1 unspecified atom stereocenters. The van der Waals surface area contributed by atoms with Crippen LogP contribution in [0, 0.1) is 0 Å². The average molecular weight is 280 g/mol. The number of esters is 1. The van der Waals surface area contributed by atoms with Crippen molar-refractivity contribution in [1.29, 1.82) is 0 Å². The van der Waals surface area contributed by atoms with E-state index in [2.05, 4.69) is 10.2 Å². The smallest absolute Gasteiger partial charge is 0.328 e. The van der Waals surface area contributed by atoms with Gasteiger partial charge in [0, 0.05) is 6.54 Å². The number of rotatable bonds is 4. The summed E-state index contributed by atoms with van der Waals surface area (Å²) >= 11 is 0. The molecule has 1 amide bonds. The quantitative estimate of drug-likeness (QED) is 0.791. The van der Waals surface area contributed by atoms with E-state index in [1.165, 1.54) is 12.0 Å². The Balaban J connectivity index is 2.20. The molecular formula is C13H20N4O3. The van der Waals surface area contributed by atoms with Gasteiger partial charge in [0.25, 0.3) is 5.91 Å². The number of hydrogen-bond acceptors (Lipinski definition) is 5. The lowest BCUT2D eigenvalue weighted by Crippen LogP contribution is -2.41. The number of hydrogen-bond donors (Lipinski definition) is 2. The molecule has 1 fully saturated rings. The summed E-state index contributed by atoms with van der Waals surface area (Å²) in [5.41, 5.74) is 7.30. The lowest BCUT2D eigenvalue weighted by molar-refractivity contribution is -0.145. The Morgan fingerprint density at radius 1 is 1.55 bits per heavy atom. The molecule has 1 saturated heterocycles. The molecule has 110 valence electrons. The number of nitrogens with one attached hydrogen (secondary N) is 1. The van der Waals surface area contributed by atoms with Gasteiger partial charge < -0.3 is 15.4 Å². The molecule has 1 aliphatic heterocycles. The number of carbonyl (C=O) groups is 2. The number of nitrogens with two attached hydrogens (primary N) is 1. The SMILES string of the molecule is CCCc1[nH]nc(C(=O)N2CCCC2C(=O)OC)c1N. The third kappa shape index (κ3) is 2.48. The maximum absolute atomic E-state index is 12.5. The molecule has 3 N–H and O–H groups in total. The molecule has 0 bridgehead atoms. The summed E-state index contributed by atoms with van der Waals surface area (Å²) in [4.78, 5) is 25.6. The first-order chi connectivity index (χ1) is 9.60. The molecule has 0 aromatic carbocycles. The third-order valence-corrected chi connectivity index (χ3v) is 3.57. The monoisotopic (exact) mass is 280 g/mol. The fourth-order valence-corrected chi connectivity index (χ4v) is 2.52. The Kier molecular flexibility index (Phi) is 4.26. The van der Waals surface area contributed by atoms with Crippen LogP contribution in [0.25, 0.3) is 0 Å². The van der Waals surface area contributed by atoms with E-state index < -0.39 is 12.0 Å². The summed E-state index contributed by atoms with van der Waals surface area (Å²) in [7, 11) is 1.32. The zero-order valence-corrected chi connectivity index (χ0v) is 11.8. The van der Waals surface area contributed by atoms with Crippen molar-refractivity contribution in [3.05, 3.63) is 11.4 Å². The number of aromatic amines is 1. The fourth-order valence-electron chi connectivity index (χ4n) is 2.52. The molecule has 7 heteroatoms. The summed E-state index contributed by atoms with van der Waals surface area (Å²) < 4.78 is 4.73. The lowest BCUT2D eigenvalue weighted by atomic mass is 10.2. The molecule has 7 nitrogen and oxygen atoms in total. The van der Waals surface area contributed by atoms with Crippen LogP contribution in [0.3, 0.4) is 0 Å². The van der Waals surface area contributed by atoms with Crippen molar-refractivity contribution in [1.82, 2.24) is 15.1 Å². The minimum atomic E-state index is -0.529. The minimum Gasteiger partial charge on any atom is -0.467 e. The average Bonchev–Trinajstić information content (AvgIpc) is 3.06. The van der Waals surface area contributed by atoms with Crippen molar-refractivity contribution < 1.29 is 14.3 Å². The van der Waals surface area contributed by atoms with Crippen LogP contribution in [0.4, 0.5) is 5.69 Å². The van der Waals surface area contributed by atoms with Gasteiger partial charge in [-0.15, -0.1) is 0 Å². The van der Waals surface area contributed by atoms with E-state index in [0.29, 0.717) is 18.7 Å². The molecule has 1 aliphatic rings. The van der Waals surface area contributed by atoms with Crippen molar-refractivity contribution in [2.45, 2.75) is 38.6 Å². The highest BCUT2D eigenvalue weighted by Gasteiger charge is 2.37. The molecule has 0 saturated carbocycles. The van der Waals surface area contributed by atoms with Gasteiger partial charge in [-0.2, -0.15) is 5.10 Å². The van der Waals surface area contributed by atoms with Gasteiger partial charge in [-0.05, 0) is 19.3 Å². The van der Waals surface area contributed by atoms with Crippen LogP contribution in [0.1, 0.15) is 42.4 Å². The molecule has 0 spiro atoms. The first-order valence-electron chi connectivity index (χ1n) is 6.81. The number of H-pyrrole nitrogens is 1. The van der Waals surface area contributed by atoms with Crippen LogP contribution in [-0.4, -0.2) is 46.7 Å². The van der Waals surface area contributed by atoms with Crippen molar-refractivity contribution in [2.75, 3.05) is 19.4 Å². The van der Waals surface area contributed by atoms with E-state index in [9.17, 15) is 9.59 Å². The number of carbonyl (C=O) groups excluding carboxylic acids is 2. The van der Waals surface area contributed by atoms with Crippen LogP contribution >= 0.6 is 0 Å². The van der Waals surface area contributed by atoms with Crippen LogP contribution < -0.4 is 5.73 Å². The normalized spacial score (nSPS) is 18.3. The van der Waals surface area contributed by atoms with E-state index in [1.54, 1.807) is 0 Å². The van der Waals surface area contributed by atoms with Gasteiger partial charge in [0.2, 0.25) is 0 Å². The van der Waals surface area contributed by atoms with Crippen LogP contribution in [0.15, 0.2) is 0 Å². The van der Waals surface area contributed by atoms with Crippen LogP contribution in [0.5, 0.6) is 0 Å². The van der Waals surface area contributed by atoms with E-state index >= 15 is 0 Å². The van der Waals surface area contributed by atoms with E-state index in [1.807, 2.05) is 6.92 Å². The van der Waals surface area contributed by atoms with E-state index in [4.69, 9.17) is 10.5 Å². The fraction of sp³-hybridized carbons (Fsp3) is 0.615. The Hall–Kier alpha value is -2.05. The Morgan fingerprint density at radius 2 is 2.30 bits per heavy atom. The highest BCUT2D eigenvalue weighted by atomic mass is 16.5. The van der Waals surface area contributed by atoms with Crippen LogP contribution in [0.2, 0.25) is 0 Å². The maximum Gasteiger partial charge on any atom is 0.328 e. The zero-order chi connectivity index (χ0) is 14.7. The highest BCUT2D eigenvalue weighted by Crippen LogP contribution is 2.24. The molecule has 2 heterocycles. The second-order valence-electron chi connectivity index (χ2n) is 4.89. The second kappa shape index (κ2) is 5.94. The van der Waals surface area contributed by atoms with E-state index in [-0.39, 0.29) is 11.6 Å². The molecule has 20 heavy (non-hydrogen) atoms. The number of methoxy groups -OCH3 is 1. The molecule has 0 radical (unpaired) electrons.